The van der Waals surface area contributed by atoms with Crippen LogP contribution in [-0.4, -0.2) is 28.5 Å². The molecular formula is C17H18N2O5S. The van der Waals surface area contributed by atoms with Gasteiger partial charge in [0.25, 0.3) is 0 Å². The molecule has 0 unspecified atom stereocenters. The van der Waals surface area contributed by atoms with Gasteiger partial charge in [0.2, 0.25) is 15.9 Å². The first kappa shape index (κ1) is 18.5. The number of nitrogens with one attached hydrogen (secondary N) is 1. The van der Waals surface area contributed by atoms with Crippen molar-refractivity contribution in [3.8, 4) is 11.5 Å². The van der Waals surface area contributed by atoms with Crippen molar-refractivity contribution in [2.24, 2.45) is 5.14 Å². The highest BCUT2D eigenvalue weighted by Crippen LogP contribution is 2.27. The van der Waals surface area contributed by atoms with Crippen molar-refractivity contribution in [3.05, 3.63) is 54.1 Å². The maximum Gasteiger partial charge on any atom is 0.248 e. The summed E-state index contributed by atoms with van der Waals surface area (Å²) in [5.74, 6) is 0.792. The number of primary sulfonamides is 1. The van der Waals surface area contributed by atoms with E-state index in [0.29, 0.717) is 17.2 Å². The second-order valence-electron chi connectivity index (χ2n) is 5.01. The summed E-state index contributed by atoms with van der Waals surface area (Å²) in [5, 5.41) is 7.64. The van der Waals surface area contributed by atoms with Crippen LogP contribution >= 0.6 is 0 Å². The number of carbonyl (C=O) groups excluding carboxylic acids is 1. The third-order valence-corrected chi connectivity index (χ3v) is 4.21. The monoisotopic (exact) mass is 362 g/mol. The lowest BCUT2D eigenvalue weighted by molar-refractivity contribution is -0.111. The third-order valence-electron chi connectivity index (χ3n) is 3.29. The first-order valence-corrected chi connectivity index (χ1v) is 8.72. The van der Waals surface area contributed by atoms with E-state index in [1.807, 2.05) is 0 Å². The van der Waals surface area contributed by atoms with Gasteiger partial charge in [-0.1, -0.05) is 6.07 Å². The number of anilines is 1. The lowest BCUT2D eigenvalue weighted by atomic mass is 10.2. The molecule has 8 heteroatoms. The summed E-state index contributed by atoms with van der Waals surface area (Å²) in [6.07, 6.45) is 2.98. The van der Waals surface area contributed by atoms with Crippen molar-refractivity contribution in [2.75, 3.05) is 19.5 Å². The molecule has 25 heavy (non-hydrogen) atoms. The molecule has 2 aromatic rings. The van der Waals surface area contributed by atoms with Crippen molar-refractivity contribution >= 4 is 27.7 Å². The molecule has 3 N–H and O–H groups in total. The summed E-state index contributed by atoms with van der Waals surface area (Å²) >= 11 is 0. The van der Waals surface area contributed by atoms with Crippen LogP contribution in [0.15, 0.2) is 53.4 Å². The zero-order valence-corrected chi connectivity index (χ0v) is 14.5. The molecule has 0 aliphatic carbocycles. The fourth-order valence-corrected chi connectivity index (χ4v) is 2.56. The van der Waals surface area contributed by atoms with E-state index in [1.165, 1.54) is 37.5 Å². The van der Waals surface area contributed by atoms with Gasteiger partial charge in [0, 0.05) is 11.8 Å². The Hall–Kier alpha value is -2.84. The Morgan fingerprint density at radius 3 is 2.24 bits per heavy atom. The van der Waals surface area contributed by atoms with E-state index in [0.717, 1.165) is 5.56 Å². The fraction of sp³-hybridized carbons (Fsp3) is 0.118. The van der Waals surface area contributed by atoms with Crippen LogP contribution in [-0.2, 0) is 14.8 Å². The van der Waals surface area contributed by atoms with Gasteiger partial charge in [0.1, 0.15) is 0 Å². The zero-order chi connectivity index (χ0) is 18.4. The lowest BCUT2D eigenvalue weighted by Crippen LogP contribution is -2.12. The number of rotatable bonds is 6. The molecule has 0 heterocycles. The highest BCUT2D eigenvalue weighted by atomic mass is 32.2. The topological polar surface area (TPSA) is 108 Å². The van der Waals surface area contributed by atoms with Crippen molar-refractivity contribution in [3.63, 3.8) is 0 Å². The van der Waals surface area contributed by atoms with E-state index in [2.05, 4.69) is 5.32 Å². The Balaban J connectivity index is 2.06. The summed E-state index contributed by atoms with van der Waals surface area (Å²) in [6.45, 7) is 0. The van der Waals surface area contributed by atoms with E-state index in [1.54, 1.807) is 31.4 Å². The van der Waals surface area contributed by atoms with Crippen LogP contribution in [0.5, 0.6) is 11.5 Å². The molecule has 0 bridgehead atoms. The molecule has 0 fully saturated rings. The van der Waals surface area contributed by atoms with E-state index < -0.39 is 10.0 Å². The number of carbonyl (C=O) groups is 1. The van der Waals surface area contributed by atoms with Gasteiger partial charge in [-0.2, -0.15) is 0 Å². The number of sulfonamides is 1. The van der Waals surface area contributed by atoms with Crippen LogP contribution in [0, 0.1) is 0 Å². The number of methoxy groups -OCH3 is 2. The average molecular weight is 362 g/mol. The molecule has 0 saturated carbocycles. The number of ether oxygens (including phenoxy) is 2. The highest BCUT2D eigenvalue weighted by Gasteiger charge is 2.07. The van der Waals surface area contributed by atoms with Gasteiger partial charge in [0.05, 0.1) is 19.1 Å². The maximum absolute atomic E-state index is 11.9. The van der Waals surface area contributed by atoms with Crippen LogP contribution in [0.3, 0.4) is 0 Å². The standard InChI is InChI=1S/C17H18N2O5S/c1-23-15-9-3-12(11-16(15)24-2)4-10-17(20)19-13-5-7-14(8-6-13)25(18,21)22/h3-11H,1-2H3,(H,19,20)(H2,18,21,22). The quantitative estimate of drug-likeness (QED) is 0.764. The Morgan fingerprint density at radius 2 is 1.68 bits per heavy atom. The molecule has 7 nitrogen and oxygen atoms in total. The van der Waals surface area contributed by atoms with Gasteiger partial charge in [-0.05, 0) is 48.0 Å². The minimum Gasteiger partial charge on any atom is -0.493 e. The minimum atomic E-state index is -3.76. The van der Waals surface area contributed by atoms with Crippen molar-refractivity contribution in [1.29, 1.82) is 0 Å². The minimum absolute atomic E-state index is 0.0219. The Kier molecular flexibility index (Phi) is 5.79. The van der Waals surface area contributed by atoms with Crippen LogP contribution in [0.4, 0.5) is 5.69 Å². The zero-order valence-electron chi connectivity index (χ0n) is 13.7. The predicted octanol–water partition coefficient (Wildman–Crippen LogP) is 2.00. The Morgan fingerprint density at radius 1 is 1.04 bits per heavy atom. The largest absolute Gasteiger partial charge is 0.493 e. The smallest absolute Gasteiger partial charge is 0.248 e. The molecule has 0 saturated heterocycles. The molecule has 2 rings (SSSR count). The number of benzene rings is 2. The summed E-state index contributed by atoms with van der Waals surface area (Å²) in [4.78, 5) is 11.9. The van der Waals surface area contributed by atoms with Crippen LogP contribution in [0.25, 0.3) is 6.08 Å². The third kappa shape index (κ3) is 5.07. The molecule has 0 aliphatic rings. The second kappa shape index (κ2) is 7.82. The van der Waals surface area contributed by atoms with Crippen LogP contribution in [0.2, 0.25) is 0 Å². The van der Waals surface area contributed by atoms with Crippen LogP contribution in [0.1, 0.15) is 5.56 Å². The first-order valence-electron chi connectivity index (χ1n) is 7.17. The number of hydrogen-bond donors (Lipinski definition) is 2. The molecule has 0 spiro atoms. The van der Waals surface area contributed by atoms with E-state index in [4.69, 9.17) is 14.6 Å². The Labute approximate surface area is 146 Å². The van der Waals surface area contributed by atoms with Gasteiger partial charge in [0.15, 0.2) is 11.5 Å². The molecular weight excluding hydrogens is 344 g/mol. The highest BCUT2D eigenvalue weighted by molar-refractivity contribution is 7.89. The van der Waals surface area contributed by atoms with E-state index in [-0.39, 0.29) is 10.8 Å². The average Bonchev–Trinajstić information content (AvgIpc) is 2.59. The van der Waals surface area contributed by atoms with Gasteiger partial charge >= 0.3 is 0 Å². The molecule has 0 atom stereocenters. The fourth-order valence-electron chi connectivity index (χ4n) is 2.04. The predicted molar refractivity (Wildman–Crippen MR) is 95.0 cm³/mol. The summed E-state index contributed by atoms with van der Waals surface area (Å²) in [5.41, 5.74) is 1.21. The molecule has 132 valence electrons. The van der Waals surface area contributed by atoms with Crippen molar-refractivity contribution < 1.29 is 22.7 Å². The van der Waals surface area contributed by atoms with Gasteiger partial charge in [-0.3, -0.25) is 4.79 Å². The SMILES string of the molecule is COc1ccc(C=CC(=O)Nc2ccc(S(N)(=O)=O)cc2)cc1OC. The maximum atomic E-state index is 11.9. The van der Waals surface area contributed by atoms with Gasteiger partial charge < -0.3 is 14.8 Å². The van der Waals surface area contributed by atoms with Gasteiger partial charge in [-0.15, -0.1) is 0 Å². The number of amides is 1. The summed E-state index contributed by atoms with van der Waals surface area (Å²) in [7, 11) is -0.681. The Bertz CT molecular complexity index is 890. The molecule has 2 aromatic carbocycles. The molecule has 0 aromatic heterocycles. The lowest BCUT2D eigenvalue weighted by Gasteiger charge is -2.07. The molecule has 1 amide bonds. The molecule has 0 radical (unpaired) electrons. The van der Waals surface area contributed by atoms with Crippen molar-refractivity contribution in [1.82, 2.24) is 0 Å². The van der Waals surface area contributed by atoms with E-state index in [9.17, 15) is 13.2 Å². The van der Waals surface area contributed by atoms with Crippen LogP contribution < -0.4 is 19.9 Å². The summed E-state index contributed by atoms with van der Waals surface area (Å²) in [6, 6.07) is 10.8. The van der Waals surface area contributed by atoms with Gasteiger partial charge in [-0.25, -0.2) is 13.6 Å². The number of nitrogens with two attached hydrogens (primary N) is 1. The number of hydrogen-bond acceptors (Lipinski definition) is 5. The second-order valence-corrected chi connectivity index (χ2v) is 6.57. The first-order chi connectivity index (χ1) is 11.8. The van der Waals surface area contributed by atoms with Crippen molar-refractivity contribution in [2.45, 2.75) is 4.90 Å². The summed E-state index contributed by atoms with van der Waals surface area (Å²) < 4.78 is 32.7. The normalized spacial score (nSPS) is 11.3. The van der Waals surface area contributed by atoms with E-state index >= 15 is 0 Å². The molecule has 0 aliphatic heterocycles.